The number of thioether (sulfide) groups is 1. The van der Waals surface area contributed by atoms with Crippen molar-refractivity contribution in [1.82, 2.24) is 0 Å². The molecule has 0 aliphatic rings. The van der Waals surface area contributed by atoms with E-state index in [-0.39, 0.29) is 10.5 Å². The Labute approximate surface area is 81.7 Å². The van der Waals surface area contributed by atoms with Crippen LogP contribution in [0, 0.1) is 0 Å². The van der Waals surface area contributed by atoms with Gasteiger partial charge in [-0.25, -0.2) is 0 Å². The summed E-state index contributed by atoms with van der Waals surface area (Å²) in [5.74, 6) is -0.312. The second kappa shape index (κ2) is 3.46. The van der Waals surface area contributed by atoms with Gasteiger partial charge in [-0.15, -0.1) is 0 Å². The van der Waals surface area contributed by atoms with E-state index in [2.05, 4.69) is 20.8 Å². The van der Waals surface area contributed by atoms with Crippen LogP contribution in [0.15, 0.2) is 21.6 Å². The van der Waals surface area contributed by atoms with E-state index >= 15 is 0 Å². The van der Waals surface area contributed by atoms with Crippen LogP contribution in [0.25, 0.3) is 0 Å². The van der Waals surface area contributed by atoms with Gasteiger partial charge in [0, 0.05) is 4.75 Å². The lowest BCUT2D eigenvalue weighted by Gasteiger charge is -2.14. The van der Waals surface area contributed by atoms with Crippen LogP contribution in [0.3, 0.4) is 0 Å². The zero-order chi connectivity index (χ0) is 10.1. The third kappa shape index (κ3) is 3.14. The summed E-state index contributed by atoms with van der Waals surface area (Å²) in [5.41, 5.74) is 5.05. The molecule has 0 unspecified atom stereocenters. The van der Waals surface area contributed by atoms with E-state index in [9.17, 15) is 4.79 Å². The topological polar surface area (TPSA) is 56.2 Å². The first-order valence-corrected chi connectivity index (χ1v) is 4.79. The Bertz CT molecular complexity index is 312. The highest BCUT2D eigenvalue weighted by Crippen LogP contribution is 2.32. The number of carbonyl (C=O) groups excluding carboxylic acids is 1. The predicted octanol–water partition coefficient (Wildman–Crippen LogP) is 2.27. The van der Waals surface area contributed by atoms with Crippen molar-refractivity contribution in [3.8, 4) is 0 Å². The Hall–Kier alpha value is -0.900. The number of hydrogen-bond acceptors (Lipinski definition) is 3. The molecule has 0 atom stereocenters. The highest BCUT2D eigenvalue weighted by atomic mass is 32.2. The molecule has 0 bridgehead atoms. The van der Waals surface area contributed by atoms with Crippen molar-refractivity contribution in [3.05, 3.63) is 17.9 Å². The van der Waals surface area contributed by atoms with E-state index in [4.69, 9.17) is 10.2 Å². The Balaban J connectivity index is 2.75. The van der Waals surface area contributed by atoms with E-state index < -0.39 is 5.91 Å². The molecule has 1 aromatic heterocycles. The Morgan fingerprint density at radius 1 is 1.46 bits per heavy atom. The van der Waals surface area contributed by atoms with Gasteiger partial charge < -0.3 is 10.2 Å². The van der Waals surface area contributed by atoms with Crippen LogP contribution in [0.1, 0.15) is 31.3 Å². The van der Waals surface area contributed by atoms with Gasteiger partial charge in [-0.05, 0) is 12.1 Å². The number of rotatable bonds is 2. The summed E-state index contributed by atoms with van der Waals surface area (Å²) in [5, 5.41) is 0.723. The molecule has 1 amide bonds. The van der Waals surface area contributed by atoms with Gasteiger partial charge in [0.05, 0.1) is 0 Å². The van der Waals surface area contributed by atoms with Gasteiger partial charge in [0.1, 0.15) is 0 Å². The summed E-state index contributed by atoms with van der Waals surface area (Å²) in [4.78, 5) is 10.7. The maximum Gasteiger partial charge on any atom is 0.284 e. The van der Waals surface area contributed by atoms with Crippen molar-refractivity contribution in [2.24, 2.45) is 5.73 Å². The van der Waals surface area contributed by atoms with Crippen LogP contribution in [-0.4, -0.2) is 10.7 Å². The van der Waals surface area contributed by atoms with Crippen molar-refractivity contribution in [2.45, 2.75) is 30.6 Å². The van der Waals surface area contributed by atoms with Crippen LogP contribution in [0.5, 0.6) is 0 Å². The minimum Gasteiger partial charge on any atom is -0.445 e. The molecule has 1 heterocycles. The van der Waals surface area contributed by atoms with Gasteiger partial charge in [-0.3, -0.25) is 4.79 Å². The van der Waals surface area contributed by atoms with Gasteiger partial charge in [0.25, 0.3) is 5.91 Å². The maximum absolute atomic E-state index is 10.7. The fourth-order valence-electron chi connectivity index (χ4n) is 0.809. The molecule has 0 saturated carbocycles. The number of hydrogen-bond donors (Lipinski definition) is 1. The molecule has 0 spiro atoms. The quantitative estimate of drug-likeness (QED) is 0.743. The molecule has 1 aromatic rings. The summed E-state index contributed by atoms with van der Waals surface area (Å²) in [7, 11) is 0. The number of carbonyl (C=O) groups is 1. The monoisotopic (exact) mass is 199 g/mol. The van der Waals surface area contributed by atoms with Gasteiger partial charge in [-0.1, -0.05) is 32.5 Å². The molecule has 0 fully saturated rings. The molecule has 4 heteroatoms. The van der Waals surface area contributed by atoms with E-state index in [1.165, 1.54) is 0 Å². The first kappa shape index (κ1) is 10.2. The smallest absolute Gasteiger partial charge is 0.284 e. The lowest BCUT2D eigenvalue weighted by atomic mass is 10.3. The van der Waals surface area contributed by atoms with Crippen LogP contribution < -0.4 is 5.73 Å². The number of nitrogens with two attached hydrogens (primary N) is 1. The SMILES string of the molecule is CC(C)(C)Sc1ccc(C(N)=O)o1. The zero-order valence-electron chi connectivity index (χ0n) is 7.96. The van der Waals surface area contributed by atoms with Crippen molar-refractivity contribution in [2.75, 3.05) is 0 Å². The molecular formula is C9H13NO2S. The first-order chi connectivity index (χ1) is 5.88. The molecule has 3 nitrogen and oxygen atoms in total. The minimum absolute atomic E-state index is 0.0762. The molecule has 1 rings (SSSR count). The highest BCUT2D eigenvalue weighted by molar-refractivity contribution is 8.00. The number of furan rings is 1. The Kier molecular flexibility index (Phi) is 2.71. The molecule has 72 valence electrons. The molecule has 2 N–H and O–H groups in total. The standard InChI is InChI=1S/C9H13NO2S/c1-9(2,3)13-7-5-4-6(12-7)8(10)11/h4-5H,1-3H3,(H2,10,11). The van der Waals surface area contributed by atoms with Crippen LogP contribution >= 0.6 is 11.8 Å². The average molecular weight is 199 g/mol. The van der Waals surface area contributed by atoms with Crippen molar-refractivity contribution < 1.29 is 9.21 Å². The highest BCUT2D eigenvalue weighted by Gasteiger charge is 2.15. The van der Waals surface area contributed by atoms with Gasteiger partial charge in [0.15, 0.2) is 10.9 Å². The van der Waals surface area contributed by atoms with Crippen molar-refractivity contribution in [3.63, 3.8) is 0 Å². The summed E-state index contributed by atoms with van der Waals surface area (Å²) in [6.07, 6.45) is 0. The second-order valence-electron chi connectivity index (χ2n) is 3.70. The van der Waals surface area contributed by atoms with E-state index in [1.807, 2.05) is 0 Å². The van der Waals surface area contributed by atoms with Crippen molar-refractivity contribution >= 4 is 17.7 Å². The van der Waals surface area contributed by atoms with E-state index in [0.29, 0.717) is 0 Å². The van der Waals surface area contributed by atoms with Crippen LogP contribution in [0.2, 0.25) is 0 Å². The van der Waals surface area contributed by atoms with Gasteiger partial charge in [-0.2, -0.15) is 0 Å². The molecule has 0 aromatic carbocycles. The Morgan fingerprint density at radius 3 is 2.46 bits per heavy atom. The summed E-state index contributed by atoms with van der Waals surface area (Å²) < 4.78 is 5.29. The molecule has 13 heavy (non-hydrogen) atoms. The second-order valence-corrected chi connectivity index (χ2v) is 5.53. The average Bonchev–Trinajstić information content (AvgIpc) is 2.31. The Morgan fingerprint density at radius 2 is 2.08 bits per heavy atom. The summed E-state index contributed by atoms with van der Waals surface area (Å²) in [6, 6.07) is 3.35. The van der Waals surface area contributed by atoms with Crippen LogP contribution in [-0.2, 0) is 0 Å². The van der Waals surface area contributed by atoms with Crippen molar-refractivity contribution in [1.29, 1.82) is 0 Å². The van der Waals surface area contributed by atoms with E-state index in [1.54, 1.807) is 23.9 Å². The lowest BCUT2D eigenvalue weighted by Crippen LogP contribution is -2.09. The minimum atomic E-state index is -0.527. The summed E-state index contributed by atoms with van der Waals surface area (Å²) >= 11 is 1.56. The normalized spacial score (nSPS) is 11.6. The first-order valence-electron chi connectivity index (χ1n) is 3.97. The maximum atomic E-state index is 10.7. The summed E-state index contributed by atoms with van der Waals surface area (Å²) in [6.45, 7) is 6.22. The predicted molar refractivity (Wildman–Crippen MR) is 52.8 cm³/mol. The lowest BCUT2D eigenvalue weighted by molar-refractivity contribution is 0.0969. The molecule has 0 radical (unpaired) electrons. The van der Waals surface area contributed by atoms with Gasteiger partial charge >= 0.3 is 0 Å². The third-order valence-corrected chi connectivity index (χ3v) is 2.26. The van der Waals surface area contributed by atoms with E-state index in [0.717, 1.165) is 5.09 Å². The molecular weight excluding hydrogens is 186 g/mol. The number of primary amides is 1. The largest absolute Gasteiger partial charge is 0.445 e. The third-order valence-electron chi connectivity index (χ3n) is 1.23. The van der Waals surface area contributed by atoms with Crippen LogP contribution in [0.4, 0.5) is 0 Å². The van der Waals surface area contributed by atoms with Gasteiger partial charge in [0.2, 0.25) is 0 Å². The molecule has 0 aliphatic heterocycles. The zero-order valence-corrected chi connectivity index (χ0v) is 8.77. The number of amides is 1. The fraction of sp³-hybridized carbons (Fsp3) is 0.444. The fourth-order valence-corrected chi connectivity index (χ4v) is 1.68. The molecule has 0 saturated heterocycles. The molecule has 0 aliphatic carbocycles.